The molecule has 0 amide bonds. The number of nitrogens with zero attached hydrogens (tertiary/aromatic N) is 2. The molecule has 92 valence electrons. The molecule has 0 aromatic heterocycles. The zero-order valence-corrected chi connectivity index (χ0v) is 10.2. The summed E-state index contributed by atoms with van der Waals surface area (Å²) in [7, 11) is 4.06. The van der Waals surface area contributed by atoms with Crippen LogP contribution >= 0.6 is 0 Å². The molecule has 0 aromatic rings. The minimum Gasteiger partial charge on any atom is -0.480 e. The quantitative estimate of drug-likeness (QED) is 0.772. The van der Waals surface area contributed by atoms with Gasteiger partial charge in [0.15, 0.2) is 0 Å². The number of hydrogen-bond donors (Lipinski definition) is 1. The van der Waals surface area contributed by atoms with Crippen molar-refractivity contribution in [2.24, 2.45) is 5.92 Å². The van der Waals surface area contributed by atoms with E-state index in [4.69, 9.17) is 0 Å². The van der Waals surface area contributed by atoms with Crippen molar-refractivity contribution in [1.82, 2.24) is 9.80 Å². The van der Waals surface area contributed by atoms with Crippen LogP contribution in [0.2, 0.25) is 0 Å². The molecule has 1 heterocycles. The molecule has 16 heavy (non-hydrogen) atoms. The van der Waals surface area contributed by atoms with Gasteiger partial charge >= 0.3 is 5.97 Å². The fraction of sp³-hybridized carbons (Fsp3) is 0.917. The zero-order chi connectivity index (χ0) is 11.7. The Hall–Kier alpha value is -0.610. The van der Waals surface area contributed by atoms with E-state index in [0.29, 0.717) is 12.0 Å². The van der Waals surface area contributed by atoms with Crippen molar-refractivity contribution in [1.29, 1.82) is 0 Å². The van der Waals surface area contributed by atoms with Crippen LogP contribution in [0.5, 0.6) is 0 Å². The van der Waals surface area contributed by atoms with Gasteiger partial charge in [-0.3, -0.25) is 9.69 Å². The number of piperidine rings is 1. The summed E-state index contributed by atoms with van der Waals surface area (Å²) in [5.41, 5.74) is 0. The Kier molecular flexibility index (Phi) is 3.50. The van der Waals surface area contributed by atoms with Crippen molar-refractivity contribution in [2.45, 2.75) is 37.8 Å². The van der Waals surface area contributed by atoms with Crippen LogP contribution in [0.15, 0.2) is 0 Å². The molecule has 4 nitrogen and oxygen atoms in total. The highest BCUT2D eigenvalue weighted by molar-refractivity contribution is 5.74. The van der Waals surface area contributed by atoms with Gasteiger partial charge < -0.3 is 10.0 Å². The van der Waals surface area contributed by atoms with E-state index in [1.165, 1.54) is 12.8 Å². The standard InChI is InChI=1S/C12H22N2O2/c1-13-7-3-4-9(8-13)11(12(15)16)14(2)10-5-6-10/h9-11H,3-8H2,1-2H3,(H,15,16). The van der Waals surface area contributed by atoms with Crippen LogP contribution in [0.1, 0.15) is 25.7 Å². The average molecular weight is 226 g/mol. The van der Waals surface area contributed by atoms with Crippen molar-refractivity contribution in [3.05, 3.63) is 0 Å². The van der Waals surface area contributed by atoms with E-state index < -0.39 is 5.97 Å². The van der Waals surface area contributed by atoms with Crippen molar-refractivity contribution in [2.75, 3.05) is 27.2 Å². The van der Waals surface area contributed by atoms with Gasteiger partial charge in [-0.15, -0.1) is 0 Å². The topological polar surface area (TPSA) is 43.8 Å². The lowest BCUT2D eigenvalue weighted by Gasteiger charge is -2.37. The second kappa shape index (κ2) is 4.72. The maximum Gasteiger partial charge on any atom is 0.321 e. The Labute approximate surface area is 97.2 Å². The molecule has 2 atom stereocenters. The number of carbonyl (C=O) groups is 1. The van der Waals surface area contributed by atoms with Gasteiger partial charge in [-0.05, 0) is 52.2 Å². The fourth-order valence-electron chi connectivity index (χ4n) is 2.88. The summed E-state index contributed by atoms with van der Waals surface area (Å²) < 4.78 is 0. The van der Waals surface area contributed by atoms with E-state index in [1.54, 1.807) is 0 Å². The van der Waals surface area contributed by atoms with Gasteiger partial charge in [0.1, 0.15) is 6.04 Å². The van der Waals surface area contributed by atoms with Gasteiger partial charge in [0.25, 0.3) is 0 Å². The van der Waals surface area contributed by atoms with Gasteiger partial charge in [0, 0.05) is 12.6 Å². The van der Waals surface area contributed by atoms with Crippen LogP contribution in [0.25, 0.3) is 0 Å². The van der Waals surface area contributed by atoms with E-state index in [0.717, 1.165) is 25.9 Å². The lowest BCUT2D eigenvalue weighted by molar-refractivity contribution is -0.146. The molecule has 1 aliphatic carbocycles. The first kappa shape index (κ1) is 11.9. The first-order valence-corrected chi connectivity index (χ1v) is 6.23. The third kappa shape index (κ3) is 2.55. The van der Waals surface area contributed by atoms with Crippen molar-refractivity contribution < 1.29 is 9.90 Å². The van der Waals surface area contributed by atoms with Crippen LogP contribution in [0.3, 0.4) is 0 Å². The number of rotatable bonds is 4. The summed E-state index contributed by atoms with van der Waals surface area (Å²) in [5.74, 6) is -0.350. The van der Waals surface area contributed by atoms with E-state index in [1.807, 2.05) is 7.05 Å². The number of likely N-dealkylation sites (tertiary alicyclic amines) is 1. The van der Waals surface area contributed by atoms with Crippen LogP contribution in [0.4, 0.5) is 0 Å². The number of aliphatic carboxylic acids is 1. The van der Waals surface area contributed by atoms with E-state index >= 15 is 0 Å². The van der Waals surface area contributed by atoms with E-state index in [2.05, 4.69) is 16.8 Å². The summed E-state index contributed by atoms with van der Waals surface area (Å²) in [4.78, 5) is 15.8. The van der Waals surface area contributed by atoms with Crippen LogP contribution in [-0.4, -0.2) is 60.1 Å². The Morgan fingerprint density at radius 3 is 2.62 bits per heavy atom. The molecule has 0 spiro atoms. The van der Waals surface area contributed by atoms with Gasteiger partial charge in [-0.1, -0.05) is 0 Å². The van der Waals surface area contributed by atoms with Crippen molar-refractivity contribution in [3.63, 3.8) is 0 Å². The largest absolute Gasteiger partial charge is 0.480 e. The summed E-state index contributed by atoms with van der Waals surface area (Å²) in [6.07, 6.45) is 4.52. The van der Waals surface area contributed by atoms with E-state index in [-0.39, 0.29) is 6.04 Å². The SMILES string of the molecule is CN1CCCC(C(C(=O)O)N(C)C2CC2)C1. The molecule has 2 unspecified atom stereocenters. The summed E-state index contributed by atoms with van der Waals surface area (Å²) in [6.45, 7) is 2.03. The molecule has 2 fully saturated rings. The molecule has 0 bridgehead atoms. The molecule has 2 rings (SSSR count). The number of carboxylic acids is 1. The third-order valence-corrected chi connectivity index (χ3v) is 3.92. The minimum atomic E-state index is -0.644. The Balaban J connectivity index is 2.02. The first-order chi connectivity index (χ1) is 7.59. The molecule has 1 saturated heterocycles. The van der Waals surface area contributed by atoms with Crippen molar-refractivity contribution in [3.8, 4) is 0 Å². The minimum absolute atomic E-state index is 0.282. The Bertz CT molecular complexity index is 266. The number of hydrogen-bond acceptors (Lipinski definition) is 3. The van der Waals surface area contributed by atoms with Gasteiger partial charge in [0.05, 0.1) is 0 Å². The molecular formula is C12H22N2O2. The predicted molar refractivity (Wildman–Crippen MR) is 62.4 cm³/mol. The van der Waals surface area contributed by atoms with Gasteiger partial charge in [0.2, 0.25) is 0 Å². The molecule has 1 aliphatic heterocycles. The molecule has 0 radical (unpaired) electrons. The van der Waals surface area contributed by atoms with Crippen LogP contribution < -0.4 is 0 Å². The Morgan fingerprint density at radius 1 is 1.44 bits per heavy atom. The summed E-state index contributed by atoms with van der Waals surface area (Å²) >= 11 is 0. The summed E-state index contributed by atoms with van der Waals surface area (Å²) in [6, 6.07) is 0.239. The predicted octanol–water partition coefficient (Wildman–Crippen LogP) is 0.876. The Morgan fingerprint density at radius 2 is 2.12 bits per heavy atom. The van der Waals surface area contributed by atoms with E-state index in [9.17, 15) is 9.90 Å². The fourth-order valence-corrected chi connectivity index (χ4v) is 2.88. The highest BCUT2D eigenvalue weighted by atomic mass is 16.4. The number of carboxylic acid groups (broad SMARTS) is 1. The lowest BCUT2D eigenvalue weighted by atomic mass is 9.90. The molecular weight excluding hydrogens is 204 g/mol. The molecule has 1 N–H and O–H groups in total. The second-order valence-corrected chi connectivity index (χ2v) is 5.34. The highest BCUT2D eigenvalue weighted by Gasteiger charge is 2.40. The monoisotopic (exact) mass is 226 g/mol. The zero-order valence-electron chi connectivity index (χ0n) is 10.2. The average Bonchev–Trinajstić information content (AvgIpc) is 3.00. The van der Waals surface area contributed by atoms with Gasteiger partial charge in [-0.2, -0.15) is 0 Å². The first-order valence-electron chi connectivity index (χ1n) is 6.23. The van der Waals surface area contributed by atoms with Crippen LogP contribution in [0, 0.1) is 5.92 Å². The third-order valence-electron chi connectivity index (χ3n) is 3.92. The summed E-state index contributed by atoms with van der Waals surface area (Å²) in [5, 5.41) is 9.40. The smallest absolute Gasteiger partial charge is 0.321 e. The highest BCUT2D eigenvalue weighted by Crippen LogP contribution is 2.31. The molecule has 2 aliphatic rings. The number of likely N-dealkylation sites (N-methyl/N-ethyl adjacent to an activating group) is 1. The van der Waals surface area contributed by atoms with Crippen LogP contribution in [-0.2, 0) is 4.79 Å². The maximum atomic E-state index is 11.4. The maximum absolute atomic E-state index is 11.4. The lowest BCUT2D eigenvalue weighted by Crippen LogP contribution is -2.50. The second-order valence-electron chi connectivity index (χ2n) is 5.34. The molecule has 1 saturated carbocycles. The van der Waals surface area contributed by atoms with Crippen molar-refractivity contribution >= 4 is 5.97 Å². The van der Waals surface area contributed by atoms with Gasteiger partial charge in [-0.25, -0.2) is 0 Å². The molecule has 4 heteroatoms. The molecule has 0 aromatic carbocycles. The normalized spacial score (nSPS) is 29.3.